The van der Waals surface area contributed by atoms with Crippen molar-refractivity contribution in [1.29, 1.82) is 0 Å². The first kappa shape index (κ1) is 14.1. The Morgan fingerprint density at radius 1 is 1.23 bits per heavy atom. The molecule has 2 N–H and O–H groups in total. The van der Waals surface area contributed by atoms with Crippen LogP contribution in [0.3, 0.4) is 0 Å². The van der Waals surface area contributed by atoms with Crippen molar-refractivity contribution in [2.24, 2.45) is 5.10 Å². The van der Waals surface area contributed by atoms with Crippen LogP contribution in [0.1, 0.15) is 5.56 Å². The van der Waals surface area contributed by atoms with Crippen LogP contribution >= 0.6 is 11.6 Å². The lowest BCUT2D eigenvalue weighted by atomic mass is 10.2. The molecule has 6 nitrogen and oxygen atoms in total. The van der Waals surface area contributed by atoms with Crippen LogP contribution in [-0.2, 0) is 0 Å². The molecular weight excluding hydrogens is 304 g/mol. The van der Waals surface area contributed by atoms with Gasteiger partial charge in [-0.05, 0) is 12.1 Å². The van der Waals surface area contributed by atoms with Crippen molar-refractivity contribution in [2.45, 2.75) is 0 Å². The number of fused-ring (bicyclic) bond motifs is 1. The summed E-state index contributed by atoms with van der Waals surface area (Å²) in [5.41, 5.74) is 4.98. The van der Waals surface area contributed by atoms with Crippen LogP contribution < -0.4 is 5.43 Å². The van der Waals surface area contributed by atoms with Crippen molar-refractivity contribution in [3.8, 4) is 0 Å². The molecule has 1 aromatic heterocycles. The second kappa shape index (κ2) is 5.87. The quantitative estimate of drug-likeness (QED) is 0.430. The van der Waals surface area contributed by atoms with Crippen LogP contribution in [0, 0.1) is 10.1 Å². The second-order valence-corrected chi connectivity index (χ2v) is 4.95. The Morgan fingerprint density at radius 3 is 2.86 bits per heavy atom. The summed E-state index contributed by atoms with van der Waals surface area (Å²) in [6, 6.07) is 13.8. The standard InChI is InChI=1S/C15H11ClN4O2/c16-15-13(12-6-1-2-7-14(12)18-15)9-17-19-10-4-3-5-11(8-10)20(21)22/h1-9,18-19H. The lowest BCUT2D eigenvalue weighted by Crippen LogP contribution is -1.93. The molecule has 1 heterocycles. The van der Waals surface area contributed by atoms with Crippen molar-refractivity contribution in [1.82, 2.24) is 4.98 Å². The SMILES string of the molecule is O=[N+]([O-])c1cccc(NN=Cc2c(Cl)[nH]c3ccccc23)c1. The number of nitro groups is 1. The van der Waals surface area contributed by atoms with Crippen LogP contribution in [-0.4, -0.2) is 16.1 Å². The van der Waals surface area contributed by atoms with Gasteiger partial charge < -0.3 is 4.98 Å². The number of hydrogen-bond donors (Lipinski definition) is 2. The van der Waals surface area contributed by atoms with E-state index in [9.17, 15) is 10.1 Å². The number of para-hydroxylation sites is 1. The molecule has 110 valence electrons. The number of rotatable bonds is 4. The van der Waals surface area contributed by atoms with Gasteiger partial charge >= 0.3 is 0 Å². The van der Waals surface area contributed by atoms with Gasteiger partial charge in [-0.1, -0.05) is 35.9 Å². The number of anilines is 1. The van der Waals surface area contributed by atoms with Gasteiger partial charge in [0.1, 0.15) is 5.15 Å². The van der Waals surface area contributed by atoms with Crippen molar-refractivity contribution in [2.75, 3.05) is 5.43 Å². The van der Waals surface area contributed by atoms with Crippen molar-refractivity contribution >= 4 is 40.1 Å². The number of nitro benzene ring substituents is 1. The summed E-state index contributed by atoms with van der Waals surface area (Å²) in [6.45, 7) is 0. The molecule has 3 aromatic rings. The number of hydrogen-bond acceptors (Lipinski definition) is 4. The molecule has 0 aliphatic heterocycles. The molecule has 0 spiro atoms. The number of halogens is 1. The van der Waals surface area contributed by atoms with E-state index in [-0.39, 0.29) is 5.69 Å². The average molecular weight is 315 g/mol. The summed E-state index contributed by atoms with van der Waals surface area (Å²) < 4.78 is 0. The first-order chi connectivity index (χ1) is 10.6. The van der Waals surface area contributed by atoms with Gasteiger partial charge in [-0.25, -0.2) is 0 Å². The minimum atomic E-state index is -0.453. The molecule has 0 saturated carbocycles. The summed E-state index contributed by atoms with van der Waals surface area (Å²) in [7, 11) is 0. The fourth-order valence-corrected chi connectivity index (χ4v) is 2.37. The third-order valence-electron chi connectivity index (χ3n) is 3.14. The molecule has 7 heteroatoms. The predicted octanol–water partition coefficient (Wildman–Crippen LogP) is 4.18. The van der Waals surface area contributed by atoms with E-state index in [2.05, 4.69) is 15.5 Å². The molecular formula is C15H11ClN4O2. The summed E-state index contributed by atoms with van der Waals surface area (Å²) in [6.07, 6.45) is 1.58. The molecule has 3 rings (SSSR count). The maximum Gasteiger partial charge on any atom is 0.271 e. The zero-order valence-corrected chi connectivity index (χ0v) is 12.0. The number of hydrazone groups is 1. The van der Waals surface area contributed by atoms with E-state index in [0.29, 0.717) is 10.8 Å². The molecule has 0 radical (unpaired) electrons. The molecule has 0 unspecified atom stereocenters. The van der Waals surface area contributed by atoms with Crippen molar-refractivity contribution < 1.29 is 4.92 Å². The molecule has 0 aliphatic rings. The van der Waals surface area contributed by atoms with Crippen LogP contribution in [0.5, 0.6) is 0 Å². The lowest BCUT2D eigenvalue weighted by Gasteiger charge is -1.99. The van der Waals surface area contributed by atoms with Gasteiger partial charge in [-0.15, -0.1) is 0 Å². The Morgan fingerprint density at radius 2 is 2.05 bits per heavy atom. The smallest absolute Gasteiger partial charge is 0.271 e. The first-order valence-corrected chi connectivity index (χ1v) is 6.82. The van der Waals surface area contributed by atoms with Crippen molar-refractivity contribution in [3.05, 3.63) is 69.4 Å². The third-order valence-corrected chi connectivity index (χ3v) is 3.44. The number of nitrogens with zero attached hydrogens (tertiary/aromatic N) is 2. The molecule has 22 heavy (non-hydrogen) atoms. The summed E-state index contributed by atoms with van der Waals surface area (Å²) in [4.78, 5) is 13.3. The van der Waals surface area contributed by atoms with E-state index < -0.39 is 4.92 Å². The molecule has 0 fully saturated rings. The van der Waals surface area contributed by atoms with Gasteiger partial charge in [0, 0.05) is 28.6 Å². The van der Waals surface area contributed by atoms with Crippen LogP contribution in [0.2, 0.25) is 5.15 Å². The maximum absolute atomic E-state index is 10.7. The van der Waals surface area contributed by atoms with Crippen LogP contribution in [0.4, 0.5) is 11.4 Å². The maximum atomic E-state index is 10.7. The topological polar surface area (TPSA) is 83.3 Å². The first-order valence-electron chi connectivity index (χ1n) is 6.45. The van der Waals surface area contributed by atoms with E-state index in [1.165, 1.54) is 12.1 Å². The molecule has 0 amide bonds. The Kier molecular flexibility index (Phi) is 3.76. The summed E-state index contributed by atoms with van der Waals surface area (Å²) in [5, 5.41) is 16.3. The fraction of sp³-hybridized carbons (Fsp3) is 0. The molecule has 0 atom stereocenters. The van der Waals surface area contributed by atoms with Gasteiger partial charge in [0.25, 0.3) is 5.69 Å². The molecule has 2 aromatic carbocycles. The van der Waals surface area contributed by atoms with E-state index >= 15 is 0 Å². The van der Waals surface area contributed by atoms with Gasteiger partial charge in [-0.3, -0.25) is 15.5 Å². The highest BCUT2D eigenvalue weighted by atomic mass is 35.5. The number of non-ortho nitro benzene ring substituents is 1. The van der Waals surface area contributed by atoms with E-state index in [1.54, 1.807) is 18.3 Å². The Hall–Kier alpha value is -2.86. The zero-order valence-electron chi connectivity index (χ0n) is 11.3. The average Bonchev–Trinajstić information content (AvgIpc) is 2.84. The van der Waals surface area contributed by atoms with E-state index in [1.807, 2.05) is 24.3 Å². The Labute approximate surface area is 130 Å². The number of aromatic nitrogens is 1. The monoisotopic (exact) mass is 314 g/mol. The van der Waals surface area contributed by atoms with Gasteiger partial charge in [-0.2, -0.15) is 5.10 Å². The molecule has 0 bridgehead atoms. The highest BCUT2D eigenvalue weighted by Crippen LogP contribution is 2.24. The van der Waals surface area contributed by atoms with Crippen LogP contribution in [0.25, 0.3) is 10.9 Å². The minimum absolute atomic E-state index is 0.00493. The minimum Gasteiger partial charge on any atom is -0.345 e. The van der Waals surface area contributed by atoms with E-state index in [0.717, 1.165) is 16.5 Å². The molecule has 0 saturated heterocycles. The van der Waals surface area contributed by atoms with Gasteiger partial charge in [0.05, 0.1) is 16.8 Å². The third kappa shape index (κ3) is 2.77. The number of benzene rings is 2. The van der Waals surface area contributed by atoms with Crippen molar-refractivity contribution in [3.63, 3.8) is 0 Å². The molecule has 0 aliphatic carbocycles. The number of H-pyrrole nitrogens is 1. The van der Waals surface area contributed by atoms with E-state index in [4.69, 9.17) is 11.6 Å². The van der Waals surface area contributed by atoms with Gasteiger partial charge in [0.15, 0.2) is 0 Å². The largest absolute Gasteiger partial charge is 0.345 e. The van der Waals surface area contributed by atoms with Gasteiger partial charge in [0.2, 0.25) is 0 Å². The van der Waals surface area contributed by atoms with Crippen LogP contribution in [0.15, 0.2) is 53.6 Å². The summed E-state index contributed by atoms with van der Waals surface area (Å²) in [5.74, 6) is 0. The zero-order chi connectivity index (χ0) is 15.5. The summed E-state index contributed by atoms with van der Waals surface area (Å²) >= 11 is 6.15. The normalized spacial score (nSPS) is 11.1. The lowest BCUT2D eigenvalue weighted by molar-refractivity contribution is -0.384. The predicted molar refractivity (Wildman–Crippen MR) is 87.6 cm³/mol. The number of aromatic amines is 1. The highest BCUT2D eigenvalue weighted by Gasteiger charge is 2.07. The Bertz CT molecular complexity index is 873. The fourth-order valence-electron chi connectivity index (χ4n) is 2.12. The number of nitrogens with one attached hydrogen (secondary N) is 2. The Balaban J connectivity index is 1.83. The second-order valence-electron chi connectivity index (χ2n) is 4.58. The highest BCUT2D eigenvalue weighted by molar-refractivity contribution is 6.34.